The smallest absolute Gasteiger partial charge is 0.323 e. The predicted octanol–water partition coefficient (Wildman–Crippen LogP) is -0.830. The molecule has 0 radical (unpaired) electrons. The van der Waals surface area contributed by atoms with Gasteiger partial charge in [0.05, 0.1) is 14.2 Å². The molecule has 0 aromatic rings. The number of hydrogen-bond donors (Lipinski definition) is 4. The predicted molar refractivity (Wildman–Crippen MR) is 81.7 cm³/mol. The number of esters is 2. The summed E-state index contributed by atoms with van der Waals surface area (Å²) in [7, 11) is 5.30. The average Bonchev–Trinajstić information content (AvgIpc) is 2.50. The summed E-state index contributed by atoms with van der Waals surface area (Å²) in [5.74, 6) is -0.0908. The third kappa shape index (κ3) is 18.3. The van der Waals surface area contributed by atoms with Crippen molar-refractivity contribution < 1.29 is 28.7 Å². The van der Waals surface area contributed by atoms with Gasteiger partial charge in [-0.3, -0.25) is 9.59 Å². The maximum absolute atomic E-state index is 10.9. The second kappa shape index (κ2) is 19.3. The van der Waals surface area contributed by atoms with Crippen molar-refractivity contribution in [2.45, 2.75) is 12.1 Å². The summed E-state index contributed by atoms with van der Waals surface area (Å²) in [6.45, 7) is 0. The minimum absolute atomic E-state index is 0.408. The van der Waals surface area contributed by atoms with E-state index in [4.69, 9.17) is 31.9 Å². The molecular formula is C10H18N4O6S2. The lowest BCUT2D eigenvalue weighted by Gasteiger charge is -2.10. The number of methoxy groups -OCH3 is 2. The van der Waals surface area contributed by atoms with Crippen LogP contribution >= 0.6 is 21.6 Å². The molecule has 126 valence electrons. The Balaban J connectivity index is -0.000000515. The Kier molecular flexibility index (Phi) is 22.2. The topological polar surface area (TPSA) is 186 Å². The minimum Gasteiger partial charge on any atom is -0.468 e. The first-order chi connectivity index (χ1) is 10.4. The SMILES string of the molecule is COC(=O)C(N)CSSCC(N)C(=O)OC.N=C=O.N=C=O. The third-order valence-electron chi connectivity index (χ3n) is 1.59. The molecule has 0 aliphatic heterocycles. The molecule has 10 nitrogen and oxygen atoms in total. The summed E-state index contributed by atoms with van der Waals surface area (Å²) in [5, 5.41) is 10.8. The highest BCUT2D eigenvalue weighted by Crippen LogP contribution is 2.22. The zero-order valence-electron chi connectivity index (χ0n) is 12.0. The fourth-order valence-corrected chi connectivity index (χ4v) is 2.90. The Labute approximate surface area is 135 Å². The van der Waals surface area contributed by atoms with E-state index in [1.165, 1.54) is 35.8 Å². The van der Waals surface area contributed by atoms with Crippen LogP contribution in [0.5, 0.6) is 0 Å². The molecule has 22 heavy (non-hydrogen) atoms. The molecule has 12 heteroatoms. The van der Waals surface area contributed by atoms with Crippen LogP contribution in [0, 0.1) is 10.8 Å². The van der Waals surface area contributed by atoms with Gasteiger partial charge in [0.1, 0.15) is 12.1 Å². The number of isocyanates is 2. The first kappa shape index (κ1) is 25.3. The second-order valence-electron chi connectivity index (χ2n) is 3.03. The zero-order chi connectivity index (χ0) is 18.0. The van der Waals surface area contributed by atoms with E-state index in [0.717, 1.165) is 12.2 Å². The molecule has 0 aromatic carbocycles. The van der Waals surface area contributed by atoms with Crippen LogP contribution in [0.25, 0.3) is 0 Å². The van der Waals surface area contributed by atoms with Crippen LogP contribution in [0.3, 0.4) is 0 Å². The molecule has 0 aliphatic rings. The van der Waals surface area contributed by atoms with Gasteiger partial charge >= 0.3 is 11.9 Å². The molecule has 0 aromatic heterocycles. The lowest BCUT2D eigenvalue weighted by molar-refractivity contribution is -0.142. The van der Waals surface area contributed by atoms with E-state index < -0.39 is 24.0 Å². The van der Waals surface area contributed by atoms with Crippen molar-refractivity contribution >= 4 is 45.7 Å². The fourth-order valence-electron chi connectivity index (χ4n) is 0.682. The lowest BCUT2D eigenvalue weighted by Crippen LogP contribution is -2.34. The van der Waals surface area contributed by atoms with Gasteiger partial charge in [0.15, 0.2) is 0 Å². The van der Waals surface area contributed by atoms with Gasteiger partial charge in [0.25, 0.3) is 0 Å². The van der Waals surface area contributed by atoms with Crippen molar-refractivity contribution in [1.82, 2.24) is 0 Å². The van der Waals surface area contributed by atoms with Gasteiger partial charge in [-0.2, -0.15) is 0 Å². The molecule has 0 rings (SSSR count). The quantitative estimate of drug-likeness (QED) is 0.148. The van der Waals surface area contributed by atoms with Gasteiger partial charge in [0.2, 0.25) is 12.2 Å². The molecule has 0 amide bonds. The highest BCUT2D eigenvalue weighted by atomic mass is 33.1. The summed E-state index contributed by atoms with van der Waals surface area (Å²) in [6.07, 6.45) is 1.50. The number of carbonyl (C=O) groups excluding carboxylic acids is 4. The van der Waals surface area contributed by atoms with Crippen molar-refractivity contribution in [3.8, 4) is 0 Å². The molecular weight excluding hydrogens is 336 g/mol. The van der Waals surface area contributed by atoms with E-state index in [1.807, 2.05) is 0 Å². The van der Waals surface area contributed by atoms with E-state index in [1.54, 1.807) is 0 Å². The van der Waals surface area contributed by atoms with Gasteiger partial charge in [0, 0.05) is 11.5 Å². The first-order valence-electron chi connectivity index (χ1n) is 5.35. The summed E-state index contributed by atoms with van der Waals surface area (Å²) in [4.78, 5) is 38.5. The molecule has 0 aliphatic carbocycles. The highest BCUT2D eigenvalue weighted by molar-refractivity contribution is 8.76. The van der Waals surface area contributed by atoms with Crippen molar-refractivity contribution in [3.05, 3.63) is 0 Å². The number of ether oxygens (including phenoxy) is 2. The molecule has 0 saturated heterocycles. The van der Waals surface area contributed by atoms with Gasteiger partial charge in [-0.1, -0.05) is 21.6 Å². The number of nitrogens with two attached hydrogens (primary N) is 2. The molecule has 0 fully saturated rings. The number of nitrogens with one attached hydrogen (secondary N) is 2. The highest BCUT2D eigenvalue weighted by Gasteiger charge is 2.16. The lowest BCUT2D eigenvalue weighted by atomic mass is 10.4. The molecule has 0 spiro atoms. The Morgan fingerprint density at radius 1 is 0.955 bits per heavy atom. The maximum Gasteiger partial charge on any atom is 0.323 e. The average molecular weight is 354 g/mol. The van der Waals surface area contributed by atoms with Crippen molar-refractivity contribution in [3.63, 3.8) is 0 Å². The van der Waals surface area contributed by atoms with E-state index in [0.29, 0.717) is 11.5 Å². The van der Waals surface area contributed by atoms with Gasteiger partial charge < -0.3 is 20.9 Å². The van der Waals surface area contributed by atoms with Crippen LogP contribution in [-0.4, -0.2) is 61.9 Å². The first-order valence-corrected chi connectivity index (χ1v) is 7.83. The van der Waals surface area contributed by atoms with E-state index in [2.05, 4.69) is 9.47 Å². The Morgan fingerprint density at radius 3 is 1.36 bits per heavy atom. The monoisotopic (exact) mass is 354 g/mol. The molecule has 0 bridgehead atoms. The normalized spacial score (nSPS) is 10.9. The Hall–Kier alpha value is -1.68. The molecule has 2 unspecified atom stereocenters. The van der Waals surface area contributed by atoms with E-state index >= 15 is 0 Å². The molecule has 0 heterocycles. The largest absolute Gasteiger partial charge is 0.468 e. The molecule has 0 saturated carbocycles. The van der Waals surface area contributed by atoms with Crippen LogP contribution in [0.4, 0.5) is 0 Å². The van der Waals surface area contributed by atoms with Crippen molar-refractivity contribution in [1.29, 1.82) is 10.8 Å². The van der Waals surface area contributed by atoms with Crippen LogP contribution < -0.4 is 11.5 Å². The van der Waals surface area contributed by atoms with Crippen LogP contribution in [0.1, 0.15) is 0 Å². The number of carbonyl (C=O) groups is 2. The minimum atomic E-state index is -0.656. The van der Waals surface area contributed by atoms with Gasteiger partial charge in [-0.05, 0) is 0 Å². The van der Waals surface area contributed by atoms with Crippen molar-refractivity contribution in [2.24, 2.45) is 11.5 Å². The summed E-state index contributed by atoms with van der Waals surface area (Å²) in [5.41, 5.74) is 11.0. The van der Waals surface area contributed by atoms with Gasteiger partial charge in [-0.25, -0.2) is 20.4 Å². The van der Waals surface area contributed by atoms with Gasteiger partial charge in [-0.15, -0.1) is 0 Å². The second-order valence-corrected chi connectivity index (χ2v) is 5.58. The van der Waals surface area contributed by atoms with E-state index in [9.17, 15) is 9.59 Å². The number of rotatable bonds is 7. The van der Waals surface area contributed by atoms with Crippen LogP contribution in [0.15, 0.2) is 0 Å². The zero-order valence-corrected chi connectivity index (χ0v) is 13.6. The molecule has 6 N–H and O–H groups in total. The Morgan fingerprint density at radius 2 is 1.18 bits per heavy atom. The molecule has 2 atom stereocenters. The van der Waals surface area contributed by atoms with E-state index in [-0.39, 0.29) is 0 Å². The summed E-state index contributed by atoms with van der Waals surface area (Å²) >= 11 is 0. The Bertz CT molecular complexity index is 348. The van der Waals surface area contributed by atoms with Crippen molar-refractivity contribution in [2.75, 3.05) is 25.7 Å². The summed E-state index contributed by atoms with van der Waals surface area (Å²) in [6, 6.07) is -1.31. The van der Waals surface area contributed by atoms with Crippen LogP contribution in [0.2, 0.25) is 0 Å². The summed E-state index contributed by atoms with van der Waals surface area (Å²) < 4.78 is 8.92. The maximum atomic E-state index is 10.9. The fraction of sp³-hybridized carbons (Fsp3) is 0.600. The van der Waals surface area contributed by atoms with Crippen LogP contribution in [-0.2, 0) is 28.7 Å². The number of hydrogen-bond acceptors (Lipinski definition) is 12. The standard InChI is InChI=1S/C8H16N2O4S2.2CHNO/c1-13-7(11)5(9)3-15-16-4-6(10)8(12)14-2;2*2-1-3/h5-6H,3-4,9-10H2,1-2H3;2*2H. The third-order valence-corrected chi connectivity index (χ3v) is 4.06.